The van der Waals surface area contributed by atoms with Crippen LogP contribution < -0.4 is 10.6 Å². The largest absolute Gasteiger partial charge is 0.379 e. The summed E-state index contributed by atoms with van der Waals surface area (Å²) in [5.41, 5.74) is 5.19. The lowest BCUT2D eigenvalue weighted by atomic mass is 10.1. The van der Waals surface area contributed by atoms with E-state index in [1.807, 2.05) is 7.05 Å². The molecule has 0 aromatic heterocycles. The zero-order chi connectivity index (χ0) is 18.9. The second-order valence-electron chi connectivity index (χ2n) is 6.92. The molecule has 0 atom stereocenters. The molecule has 2 aromatic rings. The molecule has 1 aliphatic rings. The summed E-state index contributed by atoms with van der Waals surface area (Å²) in [6, 6.07) is 17.2. The van der Waals surface area contributed by atoms with Crippen LogP contribution >= 0.6 is 24.0 Å². The van der Waals surface area contributed by atoms with Gasteiger partial charge in [-0.2, -0.15) is 0 Å². The van der Waals surface area contributed by atoms with Crippen LogP contribution in [-0.4, -0.2) is 44.2 Å². The Hall–Kier alpha value is -1.64. The Morgan fingerprint density at radius 1 is 0.964 bits per heavy atom. The highest BCUT2D eigenvalue weighted by Gasteiger charge is 2.12. The Balaban J connectivity index is 0.00000280. The van der Waals surface area contributed by atoms with Crippen molar-refractivity contribution in [2.45, 2.75) is 26.6 Å². The maximum absolute atomic E-state index is 5.45. The third-order valence-corrected chi connectivity index (χ3v) is 4.87. The van der Waals surface area contributed by atoms with Crippen LogP contribution in [0.3, 0.4) is 0 Å². The van der Waals surface area contributed by atoms with E-state index in [0.29, 0.717) is 0 Å². The highest BCUT2D eigenvalue weighted by molar-refractivity contribution is 14.0. The molecule has 0 saturated carbocycles. The van der Waals surface area contributed by atoms with Crippen molar-refractivity contribution in [3.63, 3.8) is 0 Å². The molecule has 6 heteroatoms. The molecular weight excluding hydrogens is 463 g/mol. The maximum Gasteiger partial charge on any atom is 0.191 e. The summed E-state index contributed by atoms with van der Waals surface area (Å²) in [5.74, 6) is 0.816. The molecule has 1 heterocycles. The summed E-state index contributed by atoms with van der Waals surface area (Å²) in [4.78, 5) is 6.80. The average molecular weight is 494 g/mol. The van der Waals surface area contributed by atoms with E-state index in [2.05, 4.69) is 76.0 Å². The summed E-state index contributed by atoms with van der Waals surface area (Å²) in [5, 5.41) is 6.83. The molecule has 0 bridgehead atoms. The number of guanidine groups is 1. The van der Waals surface area contributed by atoms with Crippen molar-refractivity contribution < 1.29 is 4.74 Å². The monoisotopic (exact) mass is 494 g/mol. The Bertz CT molecular complexity index is 742. The number of nitrogens with zero attached hydrogens (tertiary/aromatic N) is 2. The SMILES string of the molecule is CN=C(NCc1ccc(C)cc1)NCc1ccccc1CN1CCOCC1.I. The van der Waals surface area contributed by atoms with E-state index in [-0.39, 0.29) is 24.0 Å². The molecule has 0 spiro atoms. The number of rotatable bonds is 6. The minimum absolute atomic E-state index is 0. The number of halogens is 1. The Morgan fingerprint density at radius 2 is 1.61 bits per heavy atom. The third-order valence-electron chi connectivity index (χ3n) is 4.87. The highest BCUT2D eigenvalue weighted by Crippen LogP contribution is 2.13. The maximum atomic E-state index is 5.45. The second kappa shape index (κ2) is 12.0. The fourth-order valence-corrected chi connectivity index (χ4v) is 3.18. The first-order valence-corrected chi connectivity index (χ1v) is 9.61. The van der Waals surface area contributed by atoms with Crippen LogP contribution in [-0.2, 0) is 24.4 Å². The molecular formula is C22H31IN4O. The molecule has 0 radical (unpaired) electrons. The summed E-state index contributed by atoms with van der Waals surface area (Å²) in [6.07, 6.45) is 0. The lowest BCUT2D eigenvalue weighted by Crippen LogP contribution is -2.37. The molecule has 2 N–H and O–H groups in total. The quantitative estimate of drug-likeness (QED) is 0.368. The molecule has 3 rings (SSSR count). The first-order chi connectivity index (χ1) is 13.2. The molecule has 1 aliphatic heterocycles. The van der Waals surface area contributed by atoms with E-state index >= 15 is 0 Å². The number of hydrogen-bond acceptors (Lipinski definition) is 3. The summed E-state index contributed by atoms with van der Waals surface area (Å²) >= 11 is 0. The lowest BCUT2D eigenvalue weighted by molar-refractivity contribution is 0.0341. The number of aryl methyl sites for hydroxylation is 1. The molecule has 0 aliphatic carbocycles. The highest BCUT2D eigenvalue weighted by atomic mass is 127. The standard InChI is InChI=1S/C22H30N4O.HI/c1-18-7-9-19(10-8-18)15-24-22(23-2)25-16-20-5-3-4-6-21(20)17-26-11-13-27-14-12-26;/h3-10H,11-17H2,1-2H3,(H2,23,24,25);1H. The smallest absolute Gasteiger partial charge is 0.191 e. The number of morpholine rings is 1. The zero-order valence-corrected chi connectivity index (χ0v) is 19.1. The zero-order valence-electron chi connectivity index (χ0n) is 16.8. The van der Waals surface area contributed by atoms with Crippen molar-refractivity contribution in [1.29, 1.82) is 0 Å². The van der Waals surface area contributed by atoms with Gasteiger partial charge in [0.1, 0.15) is 0 Å². The van der Waals surface area contributed by atoms with Crippen LogP contribution in [0.1, 0.15) is 22.3 Å². The van der Waals surface area contributed by atoms with Crippen LogP contribution in [0.25, 0.3) is 0 Å². The van der Waals surface area contributed by atoms with Gasteiger partial charge in [0.25, 0.3) is 0 Å². The Morgan fingerprint density at radius 3 is 2.29 bits per heavy atom. The van der Waals surface area contributed by atoms with Crippen molar-refractivity contribution in [2.24, 2.45) is 4.99 Å². The lowest BCUT2D eigenvalue weighted by Gasteiger charge is -2.27. The van der Waals surface area contributed by atoms with E-state index in [4.69, 9.17) is 4.74 Å². The summed E-state index contributed by atoms with van der Waals surface area (Å²) in [7, 11) is 1.81. The van der Waals surface area contributed by atoms with Crippen molar-refractivity contribution >= 4 is 29.9 Å². The van der Waals surface area contributed by atoms with E-state index in [1.54, 1.807) is 0 Å². The van der Waals surface area contributed by atoms with Crippen molar-refractivity contribution in [3.8, 4) is 0 Å². The molecule has 1 saturated heterocycles. The summed E-state index contributed by atoms with van der Waals surface area (Å²) in [6.45, 7) is 8.25. The van der Waals surface area contributed by atoms with Crippen LogP contribution in [0.15, 0.2) is 53.5 Å². The number of hydrogen-bond donors (Lipinski definition) is 2. The van der Waals surface area contributed by atoms with E-state index in [1.165, 1.54) is 22.3 Å². The topological polar surface area (TPSA) is 48.9 Å². The average Bonchev–Trinajstić information content (AvgIpc) is 2.71. The number of benzene rings is 2. The second-order valence-corrected chi connectivity index (χ2v) is 6.92. The van der Waals surface area contributed by atoms with Gasteiger partial charge in [0, 0.05) is 39.8 Å². The molecule has 2 aromatic carbocycles. The molecule has 28 heavy (non-hydrogen) atoms. The Kier molecular flexibility index (Phi) is 9.73. The van der Waals surface area contributed by atoms with Crippen LogP contribution in [0, 0.1) is 6.92 Å². The summed E-state index contributed by atoms with van der Waals surface area (Å²) < 4.78 is 5.45. The normalized spacial score (nSPS) is 15.0. The van der Waals surface area contributed by atoms with E-state index < -0.39 is 0 Å². The van der Waals surface area contributed by atoms with E-state index in [0.717, 1.165) is 51.9 Å². The van der Waals surface area contributed by atoms with Crippen molar-refractivity contribution in [1.82, 2.24) is 15.5 Å². The van der Waals surface area contributed by atoms with Gasteiger partial charge in [-0.25, -0.2) is 0 Å². The molecule has 1 fully saturated rings. The van der Waals surface area contributed by atoms with Crippen molar-refractivity contribution in [2.75, 3.05) is 33.4 Å². The minimum atomic E-state index is 0. The van der Waals surface area contributed by atoms with Gasteiger partial charge in [-0.1, -0.05) is 54.1 Å². The fraction of sp³-hybridized carbons (Fsp3) is 0.409. The number of nitrogens with one attached hydrogen (secondary N) is 2. The van der Waals surface area contributed by atoms with Gasteiger partial charge in [-0.3, -0.25) is 9.89 Å². The van der Waals surface area contributed by atoms with E-state index in [9.17, 15) is 0 Å². The molecule has 152 valence electrons. The van der Waals surface area contributed by atoms with Gasteiger partial charge in [-0.05, 0) is 23.6 Å². The minimum Gasteiger partial charge on any atom is -0.379 e. The first kappa shape index (κ1) is 22.6. The van der Waals surface area contributed by atoms with Crippen LogP contribution in [0.4, 0.5) is 0 Å². The fourth-order valence-electron chi connectivity index (χ4n) is 3.18. The van der Waals surface area contributed by atoms with Gasteiger partial charge in [0.2, 0.25) is 0 Å². The molecule has 0 amide bonds. The van der Waals surface area contributed by atoms with Gasteiger partial charge < -0.3 is 15.4 Å². The van der Waals surface area contributed by atoms with Crippen molar-refractivity contribution in [3.05, 3.63) is 70.8 Å². The van der Waals surface area contributed by atoms with Gasteiger partial charge in [0.15, 0.2) is 5.96 Å². The number of ether oxygens (including phenoxy) is 1. The third kappa shape index (κ3) is 7.07. The van der Waals surface area contributed by atoms with Crippen LogP contribution in [0.2, 0.25) is 0 Å². The van der Waals surface area contributed by atoms with Gasteiger partial charge >= 0.3 is 0 Å². The molecule has 5 nitrogen and oxygen atoms in total. The van der Waals surface area contributed by atoms with Gasteiger partial charge in [-0.15, -0.1) is 24.0 Å². The predicted octanol–water partition coefficient (Wildman–Crippen LogP) is 3.31. The molecule has 0 unspecified atom stereocenters. The first-order valence-electron chi connectivity index (χ1n) is 9.61. The Labute approximate surface area is 185 Å². The number of aliphatic imine (C=N–C) groups is 1. The van der Waals surface area contributed by atoms with Gasteiger partial charge in [0.05, 0.1) is 13.2 Å². The van der Waals surface area contributed by atoms with Crippen LogP contribution in [0.5, 0.6) is 0 Å². The predicted molar refractivity (Wildman–Crippen MR) is 126 cm³/mol.